The van der Waals surface area contributed by atoms with Crippen LogP contribution in [0.2, 0.25) is 0 Å². The molecule has 0 radical (unpaired) electrons. The summed E-state index contributed by atoms with van der Waals surface area (Å²) in [5.74, 6) is 0. The van der Waals surface area contributed by atoms with E-state index < -0.39 is 0 Å². The fourth-order valence-electron chi connectivity index (χ4n) is 8.62. The number of hydrogen-bond donors (Lipinski definition) is 1. The third kappa shape index (κ3) is 4.92. The van der Waals surface area contributed by atoms with Crippen molar-refractivity contribution in [2.75, 3.05) is 11.9 Å². The molecule has 10 aromatic rings. The van der Waals surface area contributed by atoms with Crippen molar-refractivity contribution in [3.63, 3.8) is 0 Å². The predicted octanol–water partition coefficient (Wildman–Crippen LogP) is 14.0. The van der Waals surface area contributed by atoms with Gasteiger partial charge in [0.2, 0.25) is 0 Å². The summed E-state index contributed by atoms with van der Waals surface area (Å²) in [6.45, 7) is 0.820. The Kier molecular flexibility index (Phi) is 6.96. The van der Waals surface area contributed by atoms with Crippen LogP contribution in [-0.2, 0) is 0 Å². The zero-order chi connectivity index (χ0) is 35.6. The number of nitrogens with one attached hydrogen (secondary N) is 1. The minimum atomic E-state index is 0.820. The van der Waals surface area contributed by atoms with Crippen LogP contribution in [0.5, 0.6) is 0 Å². The second kappa shape index (κ2) is 12.3. The maximum atomic E-state index is 5.16. The minimum absolute atomic E-state index is 0.820. The van der Waals surface area contributed by atoms with Crippen molar-refractivity contribution in [1.29, 1.82) is 0 Å². The highest BCUT2D eigenvalue weighted by Gasteiger charge is 2.19. The molecule has 2 heteroatoms. The van der Waals surface area contributed by atoms with Crippen LogP contribution in [-0.4, -0.2) is 11.5 Å². The van der Waals surface area contributed by atoms with Gasteiger partial charge in [0.15, 0.2) is 0 Å². The van der Waals surface area contributed by atoms with E-state index in [0.717, 1.165) is 34.4 Å². The summed E-state index contributed by atoms with van der Waals surface area (Å²) < 4.78 is 0. The monoisotopic (exact) mass is 686 g/mol. The fraction of sp³-hybridized carbons (Fsp3) is 0.0192. The van der Waals surface area contributed by atoms with Gasteiger partial charge >= 0.3 is 0 Å². The van der Waals surface area contributed by atoms with Crippen molar-refractivity contribution in [3.05, 3.63) is 188 Å². The van der Waals surface area contributed by atoms with E-state index in [1.807, 2.05) is 0 Å². The van der Waals surface area contributed by atoms with Gasteiger partial charge in [-0.05, 0) is 100 Å². The Hall–Kier alpha value is -7.03. The van der Waals surface area contributed by atoms with Crippen LogP contribution in [0.4, 0.5) is 5.69 Å². The van der Waals surface area contributed by atoms with E-state index in [4.69, 9.17) is 4.98 Å². The van der Waals surface area contributed by atoms with Crippen molar-refractivity contribution >= 4 is 65.8 Å². The first-order valence-electron chi connectivity index (χ1n) is 18.7. The zero-order valence-corrected chi connectivity index (χ0v) is 29.6. The fourth-order valence-corrected chi connectivity index (χ4v) is 8.62. The standard InChI is InChI=1S/C52H34N2/c1-2-11-39-31-41(25-20-33(39)9-1)49-44-15-5-6-16-45(44)50(43-17-7-12-35-10-3-4-14-42(35)43)47-32-40(26-28-46(47)49)34-18-21-36(22-19-34)48-29-27-38-24-23-37-13-8-30-53-51(37)52(38)54-48/h1-29,31-32,53H,30H2. The molecule has 2 nitrogen and oxygen atoms in total. The van der Waals surface area contributed by atoms with Crippen LogP contribution in [0.15, 0.2) is 182 Å². The van der Waals surface area contributed by atoms with Gasteiger partial charge < -0.3 is 5.32 Å². The highest BCUT2D eigenvalue weighted by atomic mass is 14.9. The molecule has 0 fully saturated rings. The Balaban J connectivity index is 1.12. The summed E-state index contributed by atoms with van der Waals surface area (Å²) in [7, 11) is 0. The van der Waals surface area contributed by atoms with E-state index >= 15 is 0 Å². The number of anilines is 1. The van der Waals surface area contributed by atoms with E-state index in [0.29, 0.717) is 0 Å². The van der Waals surface area contributed by atoms with Crippen LogP contribution < -0.4 is 5.32 Å². The van der Waals surface area contributed by atoms with Gasteiger partial charge in [-0.25, -0.2) is 4.98 Å². The molecule has 0 amide bonds. The van der Waals surface area contributed by atoms with Crippen molar-refractivity contribution < 1.29 is 0 Å². The van der Waals surface area contributed by atoms with Crippen LogP contribution in [0.1, 0.15) is 5.56 Å². The molecule has 1 N–H and O–H groups in total. The molecule has 0 atom stereocenters. The lowest BCUT2D eigenvalue weighted by molar-refractivity contribution is 1.30. The molecule has 0 aliphatic carbocycles. The molecule has 1 aliphatic heterocycles. The average Bonchev–Trinajstić information content (AvgIpc) is 3.25. The highest BCUT2D eigenvalue weighted by molar-refractivity contribution is 6.24. The SMILES string of the molecule is C1=Cc2ccc3ccc(-c4ccc(-c5ccc6c(-c7ccc8ccccc8c7)c7ccccc7c(-c7cccc8ccccc78)c6c5)cc4)nc3c2NC1. The summed E-state index contributed by atoms with van der Waals surface area (Å²) in [4.78, 5) is 5.16. The van der Waals surface area contributed by atoms with E-state index in [9.17, 15) is 0 Å². The third-order valence-electron chi connectivity index (χ3n) is 11.2. The number of fused-ring (bicyclic) bond motifs is 7. The number of nitrogens with zero attached hydrogens (tertiary/aromatic N) is 1. The van der Waals surface area contributed by atoms with E-state index in [-0.39, 0.29) is 0 Å². The molecule has 9 aromatic carbocycles. The Bertz CT molecular complexity index is 3150. The van der Waals surface area contributed by atoms with Crippen molar-refractivity contribution in [3.8, 4) is 44.6 Å². The van der Waals surface area contributed by atoms with Gasteiger partial charge in [0.1, 0.15) is 0 Å². The first-order chi connectivity index (χ1) is 26.8. The Morgan fingerprint density at radius 2 is 1.06 bits per heavy atom. The molecule has 0 bridgehead atoms. The molecule has 0 saturated carbocycles. The lowest BCUT2D eigenvalue weighted by atomic mass is 9.83. The van der Waals surface area contributed by atoms with Crippen molar-refractivity contribution in [2.24, 2.45) is 0 Å². The second-order valence-corrected chi connectivity index (χ2v) is 14.3. The van der Waals surface area contributed by atoms with Crippen LogP contribution in [0.3, 0.4) is 0 Å². The first-order valence-corrected chi connectivity index (χ1v) is 18.7. The molecular weight excluding hydrogens is 653 g/mol. The summed E-state index contributed by atoms with van der Waals surface area (Å²) in [5, 5.41) is 14.7. The van der Waals surface area contributed by atoms with Gasteiger partial charge in [-0.1, -0.05) is 170 Å². The first kappa shape index (κ1) is 30.6. The van der Waals surface area contributed by atoms with E-state index in [1.54, 1.807) is 0 Å². The third-order valence-corrected chi connectivity index (χ3v) is 11.2. The molecule has 54 heavy (non-hydrogen) atoms. The molecule has 2 heterocycles. The van der Waals surface area contributed by atoms with Gasteiger partial charge in [-0.3, -0.25) is 0 Å². The molecule has 0 spiro atoms. The number of aromatic nitrogens is 1. The topological polar surface area (TPSA) is 24.9 Å². The van der Waals surface area contributed by atoms with Crippen LogP contribution in [0, 0.1) is 0 Å². The quantitative estimate of drug-likeness (QED) is 0.186. The van der Waals surface area contributed by atoms with Crippen molar-refractivity contribution in [2.45, 2.75) is 0 Å². The lowest BCUT2D eigenvalue weighted by Gasteiger charge is -2.20. The molecule has 11 rings (SSSR count). The molecular formula is C52H34N2. The summed E-state index contributed by atoms with van der Waals surface area (Å²) in [6.07, 6.45) is 4.33. The second-order valence-electron chi connectivity index (χ2n) is 14.3. The highest BCUT2D eigenvalue weighted by Crippen LogP contribution is 2.46. The van der Waals surface area contributed by atoms with Gasteiger partial charge in [-0.2, -0.15) is 0 Å². The van der Waals surface area contributed by atoms with Crippen LogP contribution >= 0.6 is 0 Å². The molecule has 0 saturated heterocycles. The van der Waals surface area contributed by atoms with Gasteiger partial charge in [0, 0.05) is 17.5 Å². The number of pyridine rings is 1. The summed E-state index contributed by atoms with van der Waals surface area (Å²) in [5.41, 5.74) is 12.8. The summed E-state index contributed by atoms with van der Waals surface area (Å²) >= 11 is 0. The van der Waals surface area contributed by atoms with Gasteiger partial charge in [0.05, 0.1) is 16.9 Å². The number of hydrogen-bond acceptors (Lipinski definition) is 2. The Morgan fingerprint density at radius 1 is 0.407 bits per heavy atom. The minimum Gasteiger partial charge on any atom is -0.379 e. The van der Waals surface area contributed by atoms with Crippen molar-refractivity contribution in [1.82, 2.24) is 4.98 Å². The molecule has 252 valence electrons. The Morgan fingerprint density at radius 3 is 1.93 bits per heavy atom. The Labute approximate surface area is 313 Å². The smallest absolute Gasteiger partial charge is 0.0947 e. The normalized spacial score (nSPS) is 12.4. The molecule has 1 aliphatic rings. The van der Waals surface area contributed by atoms with E-state index in [1.165, 1.54) is 82.0 Å². The lowest BCUT2D eigenvalue weighted by Crippen LogP contribution is -2.05. The zero-order valence-electron chi connectivity index (χ0n) is 29.6. The number of rotatable bonds is 4. The number of benzene rings is 9. The largest absolute Gasteiger partial charge is 0.379 e. The van der Waals surface area contributed by atoms with Gasteiger partial charge in [0.25, 0.3) is 0 Å². The van der Waals surface area contributed by atoms with Crippen LogP contribution in [0.25, 0.3) is 105 Å². The molecule has 0 unspecified atom stereocenters. The van der Waals surface area contributed by atoms with Gasteiger partial charge in [-0.15, -0.1) is 0 Å². The maximum Gasteiger partial charge on any atom is 0.0947 e. The predicted molar refractivity (Wildman–Crippen MR) is 231 cm³/mol. The molecule has 1 aromatic heterocycles. The average molecular weight is 687 g/mol. The van der Waals surface area contributed by atoms with E-state index in [2.05, 4.69) is 193 Å². The summed E-state index contributed by atoms with van der Waals surface area (Å²) in [6, 6.07) is 64.5. The maximum absolute atomic E-state index is 5.16.